The van der Waals surface area contributed by atoms with Gasteiger partial charge in [-0.25, -0.2) is 4.79 Å². The molecular weight excluding hydrogens is 270 g/mol. The molecule has 1 aromatic carbocycles. The topological polar surface area (TPSA) is 66.8 Å². The zero-order valence-electron chi connectivity index (χ0n) is 12.5. The maximum atomic E-state index is 12.3. The zero-order valence-corrected chi connectivity index (χ0v) is 12.5. The number of ketones is 1. The van der Waals surface area contributed by atoms with E-state index in [2.05, 4.69) is 11.8 Å². The van der Waals surface area contributed by atoms with Gasteiger partial charge in [-0.05, 0) is 43.5 Å². The summed E-state index contributed by atoms with van der Waals surface area (Å²) < 4.78 is 5.00. The van der Waals surface area contributed by atoms with Gasteiger partial charge in [0.15, 0.2) is 5.78 Å². The summed E-state index contributed by atoms with van der Waals surface area (Å²) in [6.07, 6.45) is 2.31. The van der Waals surface area contributed by atoms with Crippen molar-refractivity contribution in [1.82, 2.24) is 4.90 Å². The van der Waals surface area contributed by atoms with E-state index in [4.69, 9.17) is 9.84 Å². The number of piperidine rings is 1. The summed E-state index contributed by atoms with van der Waals surface area (Å²) in [6, 6.07) is 4.56. The minimum absolute atomic E-state index is 0.0235. The number of carbonyl (C=O) groups excluding carboxylic acids is 1. The Bertz CT molecular complexity index is 541. The second kappa shape index (κ2) is 6.72. The average Bonchev–Trinajstić information content (AvgIpc) is 2.46. The maximum Gasteiger partial charge on any atom is 0.339 e. The van der Waals surface area contributed by atoms with E-state index in [0.29, 0.717) is 18.0 Å². The summed E-state index contributed by atoms with van der Waals surface area (Å²) in [4.78, 5) is 25.6. The predicted molar refractivity (Wildman–Crippen MR) is 79.1 cm³/mol. The summed E-state index contributed by atoms with van der Waals surface area (Å²) in [5, 5.41) is 9.16. The molecule has 1 saturated heterocycles. The molecule has 2 rings (SSSR count). The second-order valence-electron chi connectivity index (χ2n) is 5.63. The van der Waals surface area contributed by atoms with Crippen LogP contribution in [0.15, 0.2) is 18.2 Å². The van der Waals surface area contributed by atoms with Gasteiger partial charge in [-0.2, -0.15) is 0 Å². The summed E-state index contributed by atoms with van der Waals surface area (Å²) in [6.45, 7) is 4.38. The van der Waals surface area contributed by atoms with Gasteiger partial charge < -0.3 is 9.84 Å². The first-order valence-corrected chi connectivity index (χ1v) is 7.18. The van der Waals surface area contributed by atoms with Crippen molar-refractivity contribution >= 4 is 11.8 Å². The second-order valence-corrected chi connectivity index (χ2v) is 5.63. The van der Waals surface area contributed by atoms with Crippen LogP contribution in [0.2, 0.25) is 0 Å². The molecule has 1 aliphatic rings. The highest BCUT2D eigenvalue weighted by Gasteiger charge is 2.20. The number of Topliss-reactive ketones (excluding diaryl/α,β-unsaturated/α-hetero) is 1. The molecular formula is C16H21NO4. The standard InChI is InChI=1S/C16H21NO4/c1-11-4-3-7-17(9-11)10-14(18)12-5-6-15(21-2)13(8-12)16(19)20/h5-6,8,11H,3-4,7,9-10H2,1-2H3,(H,19,20). The van der Waals surface area contributed by atoms with Gasteiger partial charge in [-0.3, -0.25) is 9.69 Å². The van der Waals surface area contributed by atoms with E-state index in [-0.39, 0.29) is 17.1 Å². The van der Waals surface area contributed by atoms with Gasteiger partial charge in [0.2, 0.25) is 0 Å². The van der Waals surface area contributed by atoms with Crippen molar-refractivity contribution in [2.24, 2.45) is 5.92 Å². The van der Waals surface area contributed by atoms with Gasteiger partial charge >= 0.3 is 5.97 Å². The van der Waals surface area contributed by atoms with E-state index in [1.54, 1.807) is 6.07 Å². The molecule has 1 aliphatic heterocycles. The van der Waals surface area contributed by atoms with Crippen LogP contribution in [-0.4, -0.2) is 48.5 Å². The normalized spacial score (nSPS) is 19.2. The molecule has 5 nitrogen and oxygen atoms in total. The van der Waals surface area contributed by atoms with Crippen LogP contribution < -0.4 is 4.74 Å². The quantitative estimate of drug-likeness (QED) is 0.843. The van der Waals surface area contributed by atoms with Gasteiger partial charge in [0, 0.05) is 12.1 Å². The van der Waals surface area contributed by atoms with Crippen LogP contribution in [0.25, 0.3) is 0 Å². The molecule has 114 valence electrons. The highest BCUT2D eigenvalue weighted by Crippen LogP contribution is 2.21. The minimum atomic E-state index is -1.09. The Hall–Kier alpha value is -1.88. The Morgan fingerprint density at radius 2 is 2.19 bits per heavy atom. The van der Waals surface area contributed by atoms with Crippen LogP contribution in [0.3, 0.4) is 0 Å². The number of ether oxygens (including phenoxy) is 1. The lowest BCUT2D eigenvalue weighted by Gasteiger charge is -2.30. The third kappa shape index (κ3) is 3.82. The molecule has 1 atom stereocenters. The van der Waals surface area contributed by atoms with Gasteiger partial charge in [-0.1, -0.05) is 6.92 Å². The molecule has 5 heteroatoms. The van der Waals surface area contributed by atoms with Crippen LogP contribution in [-0.2, 0) is 0 Å². The smallest absolute Gasteiger partial charge is 0.339 e. The first kappa shape index (κ1) is 15.5. The van der Waals surface area contributed by atoms with Crippen LogP contribution in [0, 0.1) is 5.92 Å². The first-order chi connectivity index (χ1) is 10.0. The lowest BCUT2D eigenvalue weighted by molar-refractivity contribution is 0.0693. The molecule has 1 N–H and O–H groups in total. The number of aromatic carboxylic acids is 1. The number of carbonyl (C=O) groups is 2. The van der Waals surface area contributed by atoms with Crippen molar-refractivity contribution in [2.75, 3.05) is 26.7 Å². The van der Waals surface area contributed by atoms with Crippen LogP contribution in [0.4, 0.5) is 0 Å². The summed E-state index contributed by atoms with van der Waals surface area (Å²) in [5.41, 5.74) is 0.446. The van der Waals surface area contributed by atoms with Gasteiger partial charge in [0.25, 0.3) is 0 Å². The molecule has 0 bridgehead atoms. The molecule has 21 heavy (non-hydrogen) atoms. The monoisotopic (exact) mass is 291 g/mol. The Kier molecular flexibility index (Phi) is 4.96. The summed E-state index contributed by atoms with van der Waals surface area (Å²) in [5.74, 6) is -0.259. The minimum Gasteiger partial charge on any atom is -0.496 e. The Labute approximate surface area is 124 Å². The SMILES string of the molecule is COc1ccc(C(=O)CN2CCCC(C)C2)cc1C(=O)O. The van der Waals surface area contributed by atoms with Crippen molar-refractivity contribution in [1.29, 1.82) is 0 Å². The number of hydrogen-bond donors (Lipinski definition) is 1. The first-order valence-electron chi connectivity index (χ1n) is 7.18. The molecule has 0 aliphatic carbocycles. The van der Waals surface area contributed by atoms with Crippen molar-refractivity contribution in [3.8, 4) is 5.75 Å². The zero-order chi connectivity index (χ0) is 15.4. The number of benzene rings is 1. The van der Waals surface area contributed by atoms with Crippen molar-refractivity contribution in [3.63, 3.8) is 0 Å². The van der Waals surface area contributed by atoms with E-state index in [1.807, 2.05) is 0 Å². The molecule has 1 fully saturated rings. The average molecular weight is 291 g/mol. The van der Waals surface area contributed by atoms with Gasteiger partial charge in [0.1, 0.15) is 11.3 Å². The lowest BCUT2D eigenvalue weighted by atomic mass is 9.99. The molecule has 0 amide bonds. The van der Waals surface area contributed by atoms with Crippen molar-refractivity contribution in [2.45, 2.75) is 19.8 Å². The van der Waals surface area contributed by atoms with E-state index in [1.165, 1.54) is 25.7 Å². The third-order valence-electron chi connectivity index (χ3n) is 3.86. The van der Waals surface area contributed by atoms with E-state index in [9.17, 15) is 9.59 Å². The number of carboxylic acid groups (broad SMARTS) is 1. The fraction of sp³-hybridized carbons (Fsp3) is 0.500. The Morgan fingerprint density at radius 3 is 2.81 bits per heavy atom. The fourth-order valence-corrected chi connectivity index (χ4v) is 2.77. The molecule has 1 heterocycles. The number of carboxylic acids is 1. The molecule has 0 aromatic heterocycles. The molecule has 1 aromatic rings. The van der Waals surface area contributed by atoms with Gasteiger partial charge in [0.05, 0.1) is 13.7 Å². The fourth-order valence-electron chi connectivity index (χ4n) is 2.77. The number of hydrogen-bond acceptors (Lipinski definition) is 4. The summed E-state index contributed by atoms with van der Waals surface area (Å²) >= 11 is 0. The van der Waals surface area contributed by atoms with E-state index >= 15 is 0 Å². The van der Waals surface area contributed by atoms with Crippen molar-refractivity contribution in [3.05, 3.63) is 29.3 Å². The highest BCUT2D eigenvalue weighted by atomic mass is 16.5. The Morgan fingerprint density at radius 1 is 1.43 bits per heavy atom. The molecule has 0 saturated carbocycles. The highest BCUT2D eigenvalue weighted by molar-refractivity contribution is 6.01. The number of rotatable bonds is 5. The number of likely N-dealkylation sites (tertiary alicyclic amines) is 1. The van der Waals surface area contributed by atoms with Crippen molar-refractivity contribution < 1.29 is 19.4 Å². The number of methoxy groups -OCH3 is 1. The maximum absolute atomic E-state index is 12.3. The number of nitrogens with zero attached hydrogens (tertiary/aromatic N) is 1. The molecule has 0 spiro atoms. The van der Waals surface area contributed by atoms with Crippen LogP contribution in [0.1, 0.15) is 40.5 Å². The molecule has 1 unspecified atom stereocenters. The lowest BCUT2D eigenvalue weighted by Crippen LogP contribution is -2.38. The van der Waals surface area contributed by atoms with E-state index < -0.39 is 5.97 Å². The predicted octanol–water partition coefficient (Wildman–Crippen LogP) is 2.31. The van der Waals surface area contributed by atoms with Gasteiger partial charge in [-0.15, -0.1) is 0 Å². The molecule has 0 radical (unpaired) electrons. The van der Waals surface area contributed by atoms with E-state index in [0.717, 1.165) is 19.5 Å². The Balaban J connectivity index is 2.12. The van der Waals surface area contributed by atoms with Crippen LogP contribution in [0.5, 0.6) is 5.75 Å². The largest absolute Gasteiger partial charge is 0.496 e. The summed E-state index contributed by atoms with van der Waals surface area (Å²) in [7, 11) is 1.42. The van der Waals surface area contributed by atoms with Crippen LogP contribution >= 0.6 is 0 Å². The third-order valence-corrected chi connectivity index (χ3v) is 3.86.